The van der Waals surface area contributed by atoms with Gasteiger partial charge in [0.1, 0.15) is 52.5 Å². The van der Waals surface area contributed by atoms with E-state index in [0.29, 0.717) is 33.8 Å². The average Bonchev–Trinajstić information content (AvgIpc) is 2.89. The number of ether oxygens (including phenoxy) is 3. The van der Waals surface area contributed by atoms with E-state index >= 15 is 0 Å². The van der Waals surface area contributed by atoms with Crippen molar-refractivity contribution in [2.45, 2.75) is 36.4 Å². The molecule has 39 heavy (non-hydrogen) atoms. The molecule has 3 aliphatic heterocycles. The number of aliphatic hydroxyl groups excluding tert-OH is 2. The third-order valence-electron chi connectivity index (χ3n) is 7.71. The highest BCUT2D eigenvalue weighted by Gasteiger charge is 2.59. The van der Waals surface area contributed by atoms with Gasteiger partial charge in [0, 0.05) is 35.2 Å². The topological polar surface area (TPSA) is 149 Å². The minimum absolute atomic E-state index is 0.0187. The molecule has 9 heteroatoms. The minimum Gasteiger partial charge on any atom is -0.508 e. The predicted molar refractivity (Wildman–Crippen MR) is 136 cm³/mol. The molecule has 3 heterocycles. The summed E-state index contributed by atoms with van der Waals surface area (Å²) in [6.45, 7) is 0. The molecule has 0 aromatic heterocycles. The van der Waals surface area contributed by atoms with Crippen molar-refractivity contribution in [2.24, 2.45) is 0 Å². The van der Waals surface area contributed by atoms with Gasteiger partial charge in [-0.3, -0.25) is 0 Å². The molecule has 0 amide bonds. The number of phenolic OH excluding ortho intramolecular Hbond substituents is 4. The van der Waals surface area contributed by atoms with E-state index in [2.05, 4.69) is 0 Å². The van der Waals surface area contributed by atoms with E-state index in [-0.39, 0.29) is 40.7 Å². The number of fused-ring (bicyclic) bond motifs is 8. The first-order valence-electron chi connectivity index (χ1n) is 12.5. The lowest BCUT2D eigenvalue weighted by Gasteiger charge is -2.50. The normalized spacial score (nSPS) is 26.2. The zero-order valence-corrected chi connectivity index (χ0v) is 20.4. The Morgan fingerprint density at radius 3 is 2.08 bits per heavy atom. The Labute approximate surface area is 222 Å². The second kappa shape index (κ2) is 8.20. The van der Waals surface area contributed by atoms with Gasteiger partial charge in [0.25, 0.3) is 0 Å². The number of hydrogen-bond acceptors (Lipinski definition) is 9. The van der Waals surface area contributed by atoms with Gasteiger partial charge in [-0.1, -0.05) is 18.2 Å². The number of benzene rings is 4. The predicted octanol–water partition coefficient (Wildman–Crippen LogP) is 3.68. The molecular weight excluding hydrogens is 504 g/mol. The highest BCUT2D eigenvalue weighted by atomic mass is 16.7. The van der Waals surface area contributed by atoms with Crippen LogP contribution in [0.5, 0.6) is 40.2 Å². The molecule has 4 aromatic rings. The van der Waals surface area contributed by atoms with Gasteiger partial charge in [-0.15, -0.1) is 0 Å². The Kier molecular flexibility index (Phi) is 4.94. The van der Waals surface area contributed by atoms with Crippen LogP contribution in [-0.4, -0.2) is 42.8 Å². The fourth-order valence-corrected chi connectivity index (χ4v) is 5.93. The van der Waals surface area contributed by atoms with Crippen LogP contribution in [0.2, 0.25) is 0 Å². The number of hydrogen-bond donors (Lipinski definition) is 6. The van der Waals surface area contributed by atoms with Gasteiger partial charge in [0.15, 0.2) is 0 Å². The lowest BCUT2D eigenvalue weighted by atomic mass is 9.74. The quantitative estimate of drug-likeness (QED) is 0.229. The fraction of sp³-hybridized carbons (Fsp3) is 0.200. The van der Waals surface area contributed by atoms with Crippen LogP contribution in [0.25, 0.3) is 0 Å². The van der Waals surface area contributed by atoms with Crippen molar-refractivity contribution in [1.82, 2.24) is 0 Å². The summed E-state index contributed by atoms with van der Waals surface area (Å²) in [4.78, 5) is 0. The van der Waals surface area contributed by atoms with Crippen molar-refractivity contribution in [3.05, 3.63) is 101 Å². The molecule has 7 rings (SSSR count). The standard InChI is InChI=1S/C30H24O9/c31-17-6-1-14(2-7-17)27-21(35)11-15-3-10-22-25(28(15)37-27)26-24-20(34)12-19(33)13-23(24)39-30(38-22,29(26)36)16-4-8-18(32)9-5-16/h1-10,12-13,21,26-27,29,31-36H,11H2/t21-,26-,27-,29-,30+/m1/s1. The monoisotopic (exact) mass is 528 g/mol. The molecule has 0 saturated heterocycles. The first-order chi connectivity index (χ1) is 18.7. The van der Waals surface area contributed by atoms with Crippen molar-refractivity contribution in [1.29, 1.82) is 0 Å². The summed E-state index contributed by atoms with van der Waals surface area (Å²) in [5, 5.41) is 63.6. The summed E-state index contributed by atoms with van der Waals surface area (Å²) in [6, 6.07) is 18.4. The van der Waals surface area contributed by atoms with Crippen LogP contribution >= 0.6 is 0 Å². The lowest BCUT2D eigenvalue weighted by Crippen LogP contribution is -2.57. The SMILES string of the molecule is Oc1ccc([C@H]2Oc3c(ccc4c3[C@H]3c5c(O)cc(O)cc5O[C@](c5ccc(O)cc5)(O4)[C@@H]3O)C[C@H]2O)cc1. The highest BCUT2D eigenvalue weighted by molar-refractivity contribution is 5.65. The van der Waals surface area contributed by atoms with E-state index in [9.17, 15) is 30.6 Å². The van der Waals surface area contributed by atoms with Crippen molar-refractivity contribution in [2.75, 3.05) is 0 Å². The second-order valence-electron chi connectivity index (χ2n) is 10.1. The molecule has 4 aromatic carbocycles. The molecule has 0 saturated carbocycles. The van der Waals surface area contributed by atoms with Gasteiger partial charge in [0.05, 0.1) is 12.0 Å². The van der Waals surface area contributed by atoms with E-state index < -0.39 is 30.0 Å². The molecule has 6 N–H and O–H groups in total. The third-order valence-corrected chi connectivity index (χ3v) is 7.71. The molecule has 0 unspecified atom stereocenters. The molecule has 0 aliphatic carbocycles. The summed E-state index contributed by atoms with van der Waals surface area (Å²) in [5.74, 6) is -2.21. The Morgan fingerprint density at radius 2 is 1.36 bits per heavy atom. The Bertz CT molecular complexity index is 1600. The van der Waals surface area contributed by atoms with E-state index in [0.717, 1.165) is 0 Å². The van der Waals surface area contributed by atoms with Crippen molar-refractivity contribution >= 4 is 0 Å². The van der Waals surface area contributed by atoms with E-state index in [1.54, 1.807) is 36.4 Å². The summed E-state index contributed by atoms with van der Waals surface area (Å²) >= 11 is 0. The van der Waals surface area contributed by atoms with Crippen LogP contribution in [0.15, 0.2) is 72.8 Å². The van der Waals surface area contributed by atoms with E-state index in [4.69, 9.17) is 14.2 Å². The zero-order valence-electron chi connectivity index (χ0n) is 20.4. The summed E-state index contributed by atoms with van der Waals surface area (Å²) in [6.07, 6.45) is -2.77. The smallest absolute Gasteiger partial charge is 0.305 e. The number of rotatable bonds is 2. The van der Waals surface area contributed by atoms with Crippen molar-refractivity contribution < 1.29 is 44.8 Å². The lowest BCUT2D eigenvalue weighted by molar-refractivity contribution is -0.219. The van der Waals surface area contributed by atoms with Gasteiger partial charge in [-0.25, -0.2) is 0 Å². The fourth-order valence-electron chi connectivity index (χ4n) is 5.93. The first-order valence-corrected chi connectivity index (χ1v) is 12.5. The Balaban J connectivity index is 1.45. The number of aliphatic hydroxyl groups is 2. The number of phenols is 4. The first kappa shape index (κ1) is 23.5. The summed E-state index contributed by atoms with van der Waals surface area (Å²) in [7, 11) is 0. The van der Waals surface area contributed by atoms with Crippen LogP contribution in [0.4, 0.5) is 0 Å². The Morgan fingerprint density at radius 1 is 0.692 bits per heavy atom. The van der Waals surface area contributed by atoms with E-state index in [1.807, 2.05) is 0 Å². The largest absolute Gasteiger partial charge is 0.508 e. The average molecular weight is 529 g/mol. The molecule has 5 atom stereocenters. The van der Waals surface area contributed by atoms with Crippen LogP contribution in [0.1, 0.15) is 39.8 Å². The second-order valence-corrected chi connectivity index (χ2v) is 10.1. The zero-order chi connectivity index (χ0) is 27.1. The van der Waals surface area contributed by atoms with Crippen LogP contribution < -0.4 is 14.2 Å². The highest BCUT2D eigenvalue weighted by Crippen LogP contribution is 2.61. The molecule has 9 nitrogen and oxygen atoms in total. The number of aromatic hydroxyl groups is 4. The van der Waals surface area contributed by atoms with Crippen LogP contribution in [-0.2, 0) is 12.2 Å². The summed E-state index contributed by atoms with van der Waals surface area (Å²) < 4.78 is 19.1. The van der Waals surface area contributed by atoms with Gasteiger partial charge >= 0.3 is 5.79 Å². The molecule has 0 radical (unpaired) electrons. The third kappa shape index (κ3) is 3.40. The van der Waals surface area contributed by atoms with Gasteiger partial charge < -0.3 is 44.8 Å². The van der Waals surface area contributed by atoms with Crippen LogP contribution in [0, 0.1) is 0 Å². The maximum Gasteiger partial charge on any atom is 0.305 e. The molecule has 0 spiro atoms. The summed E-state index contributed by atoms with van der Waals surface area (Å²) in [5.41, 5.74) is 2.47. The van der Waals surface area contributed by atoms with Gasteiger partial charge in [0.2, 0.25) is 0 Å². The maximum atomic E-state index is 11.9. The Hall–Kier alpha value is -4.60. The van der Waals surface area contributed by atoms with Crippen LogP contribution in [0.3, 0.4) is 0 Å². The molecule has 0 fully saturated rings. The van der Waals surface area contributed by atoms with E-state index in [1.165, 1.54) is 36.4 Å². The molecule has 2 bridgehead atoms. The van der Waals surface area contributed by atoms with Gasteiger partial charge in [-0.2, -0.15) is 0 Å². The van der Waals surface area contributed by atoms with Crippen molar-refractivity contribution in [3.8, 4) is 40.2 Å². The molecule has 198 valence electrons. The maximum absolute atomic E-state index is 11.9. The molecule has 3 aliphatic rings. The molecular formula is C30H24O9. The minimum atomic E-state index is -1.77. The van der Waals surface area contributed by atoms with Gasteiger partial charge in [-0.05, 0) is 53.6 Å². The van der Waals surface area contributed by atoms with Crippen molar-refractivity contribution in [3.63, 3.8) is 0 Å².